The summed E-state index contributed by atoms with van der Waals surface area (Å²) in [6, 6.07) is 1.42. The Morgan fingerprint density at radius 1 is 1.45 bits per heavy atom. The molecule has 2 rings (SSSR count). The van der Waals surface area contributed by atoms with Crippen molar-refractivity contribution in [2.75, 3.05) is 18.4 Å². The highest BCUT2D eigenvalue weighted by molar-refractivity contribution is 5.78. The van der Waals surface area contributed by atoms with Gasteiger partial charge in [-0.05, 0) is 6.92 Å². The Hall–Kier alpha value is -2.71. The Morgan fingerprint density at radius 3 is 2.95 bits per heavy atom. The number of aryl methyl sites for hydroxylation is 1. The lowest BCUT2D eigenvalue weighted by Crippen LogP contribution is -2.35. The number of aromatic nitrogens is 5. The minimum Gasteiger partial charge on any atom is -0.354 e. The van der Waals surface area contributed by atoms with Crippen molar-refractivity contribution in [3.05, 3.63) is 34.8 Å². The van der Waals surface area contributed by atoms with Crippen molar-refractivity contribution in [1.29, 1.82) is 0 Å². The van der Waals surface area contributed by atoms with E-state index in [1.807, 2.05) is 6.92 Å². The molecule has 0 radical (unpaired) electrons. The van der Waals surface area contributed by atoms with E-state index < -0.39 is 0 Å². The first kappa shape index (κ1) is 15.7. The zero-order valence-electron chi connectivity index (χ0n) is 12.5. The maximum atomic E-state index is 11.9. The number of aromatic amines is 1. The van der Waals surface area contributed by atoms with Crippen molar-refractivity contribution >= 4 is 11.9 Å². The standard InChI is InChI=1S/C13H19N7O2/c1-9(6-20-8-14-7-17-20)12(22)15-3-4-16-13-18-10(2)5-11(21)19-13/h5,7-9H,3-4,6H2,1-2H3,(H,15,22)(H2,16,18,19,21)/t9-/m0/s1. The predicted octanol–water partition coefficient (Wildman–Crippen LogP) is -0.466. The molecule has 0 aromatic carbocycles. The maximum absolute atomic E-state index is 11.9. The van der Waals surface area contributed by atoms with Crippen molar-refractivity contribution in [3.8, 4) is 0 Å². The van der Waals surface area contributed by atoms with E-state index >= 15 is 0 Å². The molecular weight excluding hydrogens is 286 g/mol. The van der Waals surface area contributed by atoms with Gasteiger partial charge >= 0.3 is 0 Å². The first-order chi connectivity index (χ1) is 10.5. The van der Waals surface area contributed by atoms with Gasteiger partial charge in [-0.2, -0.15) is 5.10 Å². The molecule has 1 amide bonds. The van der Waals surface area contributed by atoms with Gasteiger partial charge in [0.1, 0.15) is 12.7 Å². The van der Waals surface area contributed by atoms with Crippen LogP contribution in [0.2, 0.25) is 0 Å². The third kappa shape index (κ3) is 4.69. The van der Waals surface area contributed by atoms with Crippen LogP contribution in [-0.4, -0.2) is 43.7 Å². The molecular formula is C13H19N7O2. The zero-order valence-corrected chi connectivity index (χ0v) is 12.5. The summed E-state index contributed by atoms with van der Waals surface area (Å²) < 4.78 is 1.61. The van der Waals surface area contributed by atoms with Crippen LogP contribution in [0.25, 0.3) is 0 Å². The molecule has 0 unspecified atom stereocenters. The SMILES string of the molecule is Cc1cc(=O)[nH]c(NCCNC(=O)[C@@H](C)Cn2cncn2)n1. The lowest BCUT2D eigenvalue weighted by molar-refractivity contribution is -0.124. The number of H-pyrrole nitrogens is 1. The number of anilines is 1. The molecule has 0 spiro atoms. The smallest absolute Gasteiger partial charge is 0.252 e. The van der Waals surface area contributed by atoms with E-state index in [1.165, 1.54) is 12.4 Å². The van der Waals surface area contributed by atoms with E-state index in [0.717, 1.165) is 0 Å². The quantitative estimate of drug-likeness (QED) is 0.596. The summed E-state index contributed by atoms with van der Waals surface area (Å²) in [6.07, 6.45) is 3.01. The molecule has 2 heterocycles. The normalized spacial score (nSPS) is 11.9. The highest BCUT2D eigenvalue weighted by atomic mass is 16.2. The van der Waals surface area contributed by atoms with Crippen LogP contribution >= 0.6 is 0 Å². The second kappa shape index (κ2) is 7.34. The van der Waals surface area contributed by atoms with Gasteiger partial charge in [0, 0.05) is 24.8 Å². The maximum Gasteiger partial charge on any atom is 0.252 e. The van der Waals surface area contributed by atoms with Crippen LogP contribution in [0.5, 0.6) is 0 Å². The molecule has 0 aliphatic carbocycles. The average Bonchev–Trinajstić information content (AvgIpc) is 2.95. The summed E-state index contributed by atoms with van der Waals surface area (Å²) in [5.74, 6) is 0.122. The van der Waals surface area contributed by atoms with Crippen molar-refractivity contribution in [2.24, 2.45) is 5.92 Å². The van der Waals surface area contributed by atoms with Gasteiger partial charge in [-0.25, -0.2) is 9.97 Å². The monoisotopic (exact) mass is 305 g/mol. The molecule has 1 atom stereocenters. The van der Waals surface area contributed by atoms with Crippen LogP contribution < -0.4 is 16.2 Å². The Morgan fingerprint density at radius 2 is 2.27 bits per heavy atom. The number of carbonyl (C=O) groups excluding carboxylic acids is 1. The molecule has 9 heteroatoms. The molecule has 2 aromatic rings. The number of amides is 1. The molecule has 3 N–H and O–H groups in total. The summed E-state index contributed by atoms with van der Waals surface area (Å²) in [5, 5.41) is 9.73. The second-order valence-corrected chi connectivity index (χ2v) is 4.97. The molecule has 0 bridgehead atoms. The van der Waals surface area contributed by atoms with Crippen LogP contribution in [0.3, 0.4) is 0 Å². The van der Waals surface area contributed by atoms with E-state index in [2.05, 4.69) is 30.7 Å². The Kier molecular flexibility index (Phi) is 5.23. The fourth-order valence-corrected chi connectivity index (χ4v) is 1.89. The molecule has 2 aromatic heterocycles. The number of carbonyl (C=O) groups is 1. The van der Waals surface area contributed by atoms with Gasteiger partial charge in [-0.15, -0.1) is 0 Å². The molecule has 9 nitrogen and oxygen atoms in total. The van der Waals surface area contributed by atoms with Gasteiger partial charge in [0.05, 0.1) is 12.5 Å². The van der Waals surface area contributed by atoms with Crippen molar-refractivity contribution in [1.82, 2.24) is 30.0 Å². The van der Waals surface area contributed by atoms with Crippen LogP contribution in [0.1, 0.15) is 12.6 Å². The molecule has 118 valence electrons. The van der Waals surface area contributed by atoms with E-state index in [-0.39, 0.29) is 17.4 Å². The fourth-order valence-electron chi connectivity index (χ4n) is 1.89. The van der Waals surface area contributed by atoms with E-state index in [4.69, 9.17) is 0 Å². The minimum absolute atomic E-state index is 0.0667. The zero-order chi connectivity index (χ0) is 15.9. The predicted molar refractivity (Wildman–Crippen MR) is 80.3 cm³/mol. The van der Waals surface area contributed by atoms with Crippen molar-refractivity contribution in [2.45, 2.75) is 20.4 Å². The Balaban J connectivity index is 1.71. The average molecular weight is 305 g/mol. The highest BCUT2D eigenvalue weighted by Gasteiger charge is 2.13. The summed E-state index contributed by atoms with van der Waals surface area (Å²) in [5.41, 5.74) is 0.428. The van der Waals surface area contributed by atoms with Crippen molar-refractivity contribution in [3.63, 3.8) is 0 Å². The number of nitrogens with one attached hydrogen (secondary N) is 3. The van der Waals surface area contributed by atoms with Gasteiger partial charge < -0.3 is 10.6 Å². The number of hydrogen-bond acceptors (Lipinski definition) is 6. The van der Waals surface area contributed by atoms with E-state index in [9.17, 15) is 9.59 Å². The topological polar surface area (TPSA) is 118 Å². The number of hydrogen-bond donors (Lipinski definition) is 3. The van der Waals surface area contributed by atoms with Crippen molar-refractivity contribution < 1.29 is 4.79 Å². The van der Waals surface area contributed by atoms with E-state index in [0.29, 0.717) is 31.3 Å². The molecule has 0 aliphatic heterocycles. The van der Waals surface area contributed by atoms with Gasteiger partial charge in [0.2, 0.25) is 11.9 Å². The number of nitrogens with zero attached hydrogens (tertiary/aromatic N) is 4. The third-order valence-electron chi connectivity index (χ3n) is 2.96. The number of rotatable bonds is 7. The summed E-state index contributed by atoms with van der Waals surface area (Å²) >= 11 is 0. The summed E-state index contributed by atoms with van der Waals surface area (Å²) in [6.45, 7) is 4.94. The second-order valence-electron chi connectivity index (χ2n) is 4.97. The summed E-state index contributed by atoms with van der Waals surface area (Å²) in [7, 11) is 0. The van der Waals surface area contributed by atoms with Crippen LogP contribution in [0, 0.1) is 12.8 Å². The largest absolute Gasteiger partial charge is 0.354 e. The molecule has 0 saturated carbocycles. The summed E-state index contributed by atoms with van der Waals surface area (Å²) in [4.78, 5) is 33.7. The molecule has 22 heavy (non-hydrogen) atoms. The lowest BCUT2D eigenvalue weighted by Gasteiger charge is -2.12. The highest BCUT2D eigenvalue weighted by Crippen LogP contribution is 1.99. The lowest BCUT2D eigenvalue weighted by atomic mass is 10.1. The minimum atomic E-state index is -0.210. The van der Waals surface area contributed by atoms with Crippen LogP contribution in [-0.2, 0) is 11.3 Å². The molecule has 0 aliphatic rings. The first-order valence-electron chi connectivity index (χ1n) is 6.96. The Labute approximate surface area is 127 Å². The molecule has 0 saturated heterocycles. The first-order valence-corrected chi connectivity index (χ1v) is 6.96. The van der Waals surface area contributed by atoms with E-state index in [1.54, 1.807) is 17.9 Å². The molecule has 0 fully saturated rings. The van der Waals surface area contributed by atoms with Gasteiger partial charge in [-0.1, -0.05) is 6.92 Å². The van der Waals surface area contributed by atoms with Gasteiger partial charge in [0.25, 0.3) is 5.56 Å². The van der Waals surface area contributed by atoms with Gasteiger partial charge in [-0.3, -0.25) is 19.3 Å². The van der Waals surface area contributed by atoms with Gasteiger partial charge in [0.15, 0.2) is 0 Å². The Bertz CT molecular complexity index is 665. The fraction of sp³-hybridized carbons (Fsp3) is 0.462. The van der Waals surface area contributed by atoms with Crippen LogP contribution in [0.4, 0.5) is 5.95 Å². The third-order valence-corrected chi connectivity index (χ3v) is 2.96. The van der Waals surface area contributed by atoms with Crippen LogP contribution in [0.15, 0.2) is 23.5 Å².